The Balaban J connectivity index is 1.51. The third kappa shape index (κ3) is 3.87. The van der Waals surface area contributed by atoms with Crippen LogP contribution in [-0.2, 0) is 16.0 Å². The van der Waals surface area contributed by atoms with Gasteiger partial charge in [-0.25, -0.2) is 13.8 Å². The second kappa shape index (κ2) is 7.83. The number of amides is 2. The Morgan fingerprint density at radius 2 is 2.10 bits per heavy atom. The van der Waals surface area contributed by atoms with E-state index in [1.807, 2.05) is 18.2 Å². The average molecular weight is 396 g/mol. The topological polar surface area (TPSA) is 78.1 Å². The number of rotatable bonds is 5. The van der Waals surface area contributed by atoms with Gasteiger partial charge in [0.15, 0.2) is 11.6 Å². The Bertz CT molecular complexity index is 1120. The lowest BCUT2D eigenvalue weighted by Crippen LogP contribution is -2.35. The largest absolute Gasteiger partial charge is 0.346 e. The summed E-state index contributed by atoms with van der Waals surface area (Å²) in [6.45, 7) is 0.932. The second-order valence-corrected chi connectivity index (χ2v) is 6.80. The fourth-order valence-electron chi connectivity index (χ4n) is 3.51. The number of carbonyl (C=O) groups is 2. The van der Waals surface area contributed by atoms with Crippen molar-refractivity contribution < 1.29 is 18.4 Å². The molecule has 3 aromatic rings. The monoisotopic (exact) mass is 396 g/mol. The maximum absolute atomic E-state index is 13.4. The van der Waals surface area contributed by atoms with E-state index < -0.39 is 11.6 Å². The number of halogens is 2. The van der Waals surface area contributed by atoms with Gasteiger partial charge in [0.25, 0.3) is 0 Å². The number of benzene rings is 1. The molecule has 0 saturated heterocycles. The standard InChI is InChI=1S/C21H18F2N4O2/c22-17-2-1-13(9-18(17)23)10-20(29)27-7-4-14(5-8-27)16-11-19(25-12-28)26-21-15(16)3-6-24-21/h1-4,6,9,11-12H,5,7-8,10H2,(H2,24,25,26,28). The zero-order valence-electron chi connectivity index (χ0n) is 15.4. The molecule has 29 heavy (non-hydrogen) atoms. The van der Waals surface area contributed by atoms with Gasteiger partial charge in [0.05, 0.1) is 6.42 Å². The van der Waals surface area contributed by atoms with Crippen molar-refractivity contribution in [3.05, 3.63) is 65.4 Å². The van der Waals surface area contributed by atoms with Crippen LogP contribution in [0.3, 0.4) is 0 Å². The SMILES string of the molecule is O=CNc1cc(C2=CCN(C(=O)Cc3ccc(F)c(F)c3)CC2)c2cc[nH]c2n1. The molecule has 0 bridgehead atoms. The summed E-state index contributed by atoms with van der Waals surface area (Å²) < 4.78 is 26.4. The molecule has 3 heterocycles. The summed E-state index contributed by atoms with van der Waals surface area (Å²) in [5, 5.41) is 3.51. The quantitative estimate of drug-likeness (QED) is 0.650. The van der Waals surface area contributed by atoms with Crippen LogP contribution in [-0.4, -0.2) is 40.3 Å². The maximum Gasteiger partial charge on any atom is 0.227 e. The number of hydrogen-bond donors (Lipinski definition) is 2. The molecule has 0 radical (unpaired) electrons. The van der Waals surface area contributed by atoms with Gasteiger partial charge in [-0.05, 0) is 47.4 Å². The number of aromatic nitrogens is 2. The Hall–Kier alpha value is -3.55. The van der Waals surface area contributed by atoms with Gasteiger partial charge in [-0.1, -0.05) is 12.1 Å². The summed E-state index contributed by atoms with van der Waals surface area (Å²) in [6, 6.07) is 7.24. The van der Waals surface area contributed by atoms with Gasteiger partial charge < -0.3 is 15.2 Å². The summed E-state index contributed by atoms with van der Waals surface area (Å²) in [6.07, 6.45) is 4.99. The van der Waals surface area contributed by atoms with Crippen LogP contribution in [0.1, 0.15) is 17.5 Å². The van der Waals surface area contributed by atoms with Crippen molar-refractivity contribution in [1.29, 1.82) is 0 Å². The van der Waals surface area contributed by atoms with E-state index in [0.29, 0.717) is 42.9 Å². The molecule has 0 fully saturated rings. The van der Waals surface area contributed by atoms with Gasteiger partial charge in [-0.2, -0.15) is 0 Å². The van der Waals surface area contributed by atoms with Crippen LogP contribution < -0.4 is 5.32 Å². The Labute approximate surface area is 165 Å². The molecule has 0 saturated carbocycles. The van der Waals surface area contributed by atoms with Gasteiger partial charge in [0.2, 0.25) is 12.3 Å². The highest BCUT2D eigenvalue weighted by molar-refractivity contribution is 5.93. The van der Waals surface area contributed by atoms with Gasteiger partial charge in [0.1, 0.15) is 11.5 Å². The zero-order chi connectivity index (χ0) is 20.4. The lowest BCUT2D eigenvalue weighted by atomic mass is 9.97. The summed E-state index contributed by atoms with van der Waals surface area (Å²) in [7, 11) is 0. The van der Waals surface area contributed by atoms with Crippen molar-refractivity contribution in [2.24, 2.45) is 0 Å². The predicted molar refractivity (Wildman–Crippen MR) is 105 cm³/mol. The minimum absolute atomic E-state index is 0.0189. The minimum Gasteiger partial charge on any atom is -0.346 e. The molecule has 1 aromatic carbocycles. The number of pyridine rings is 1. The van der Waals surface area contributed by atoms with Crippen LogP contribution in [0.4, 0.5) is 14.6 Å². The molecular weight excluding hydrogens is 378 g/mol. The van der Waals surface area contributed by atoms with E-state index in [2.05, 4.69) is 15.3 Å². The van der Waals surface area contributed by atoms with Crippen molar-refractivity contribution in [2.45, 2.75) is 12.8 Å². The van der Waals surface area contributed by atoms with Crippen LogP contribution in [0, 0.1) is 11.6 Å². The molecule has 0 unspecified atom stereocenters. The smallest absolute Gasteiger partial charge is 0.227 e. The number of H-pyrrole nitrogens is 1. The Morgan fingerprint density at radius 1 is 1.24 bits per heavy atom. The predicted octanol–water partition coefficient (Wildman–Crippen LogP) is 3.27. The van der Waals surface area contributed by atoms with Crippen molar-refractivity contribution in [2.75, 3.05) is 18.4 Å². The second-order valence-electron chi connectivity index (χ2n) is 6.80. The molecule has 0 aliphatic carbocycles. The molecular formula is C21H18F2N4O2. The molecule has 148 valence electrons. The van der Waals surface area contributed by atoms with Crippen LogP contribution in [0.15, 0.2) is 42.6 Å². The lowest BCUT2D eigenvalue weighted by Gasteiger charge is -2.27. The number of nitrogens with one attached hydrogen (secondary N) is 2. The first-order valence-corrected chi connectivity index (χ1v) is 9.14. The normalized spacial score (nSPS) is 14.0. The van der Waals surface area contributed by atoms with E-state index in [4.69, 9.17) is 0 Å². The van der Waals surface area contributed by atoms with Crippen LogP contribution >= 0.6 is 0 Å². The summed E-state index contributed by atoms with van der Waals surface area (Å²) >= 11 is 0. The highest BCUT2D eigenvalue weighted by atomic mass is 19.2. The number of fused-ring (bicyclic) bond motifs is 1. The average Bonchev–Trinajstić information content (AvgIpc) is 3.19. The number of nitrogens with zero attached hydrogens (tertiary/aromatic N) is 2. The maximum atomic E-state index is 13.4. The Kier molecular flexibility index (Phi) is 5.07. The fraction of sp³-hybridized carbons (Fsp3) is 0.190. The van der Waals surface area contributed by atoms with E-state index in [-0.39, 0.29) is 12.3 Å². The molecule has 0 spiro atoms. The lowest BCUT2D eigenvalue weighted by molar-refractivity contribution is -0.130. The fourth-order valence-corrected chi connectivity index (χ4v) is 3.51. The molecule has 8 heteroatoms. The summed E-state index contributed by atoms with van der Waals surface area (Å²) in [5.74, 6) is -1.58. The van der Waals surface area contributed by atoms with Gasteiger partial charge >= 0.3 is 0 Å². The van der Waals surface area contributed by atoms with Gasteiger partial charge in [0, 0.05) is 24.7 Å². The van der Waals surface area contributed by atoms with Crippen LogP contribution in [0.5, 0.6) is 0 Å². The molecule has 6 nitrogen and oxygen atoms in total. The first-order chi connectivity index (χ1) is 14.0. The number of hydrogen-bond acceptors (Lipinski definition) is 3. The number of aromatic amines is 1. The molecule has 0 atom stereocenters. The van der Waals surface area contributed by atoms with E-state index >= 15 is 0 Å². The minimum atomic E-state index is -0.955. The molecule has 1 aliphatic heterocycles. The molecule has 4 rings (SSSR count). The molecule has 1 aliphatic rings. The van der Waals surface area contributed by atoms with E-state index in [9.17, 15) is 18.4 Å². The van der Waals surface area contributed by atoms with Gasteiger partial charge in [-0.15, -0.1) is 0 Å². The van der Waals surface area contributed by atoms with E-state index in [0.717, 1.165) is 28.7 Å². The Morgan fingerprint density at radius 3 is 2.83 bits per heavy atom. The number of anilines is 1. The highest BCUT2D eigenvalue weighted by Gasteiger charge is 2.20. The molecule has 2 aromatic heterocycles. The van der Waals surface area contributed by atoms with Crippen molar-refractivity contribution in [1.82, 2.24) is 14.9 Å². The van der Waals surface area contributed by atoms with E-state index in [1.165, 1.54) is 6.07 Å². The van der Waals surface area contributed by atoms with Crippen molar-refractivity contribution >= 4 is 34.7 Å². The van der Waals surface area contributed by atoms with Crippen molar-refractivity contribution in [3.8, 4) is 0 Å². The zero-order valence-corrected chi connectivity index (χ0v) is 15.4. The summed E-state index contributed by atoms with van der Waals surface area (Å²) in [4.78, 5) is 32.4. The first kappa shape index (κ1) is 18.8. The van der Waals surface area contributed by atoms with Crippen LogP contribution in [0.25, 0.3) is 16.6 Å². The number of carbonyl (C=O) groups excluding carboxylic acids is 2. The van der Waals surface area contributed by atoms with Crippen LogP contribution in [0.2, 0.25) is 0 Å². The highest BCUT2D eigenvalue weighted by Crippen LogP contribution is 2.30. The van der Waals surface area contributed by atoms with Gasteiger partial charge in [-0.3, -0.25) is 9.59 Å². The van der Waals surface area contributed by atoms with E-state index in [1.54, 1.807) is 11.1 Å². The molecule has 2 N–H and O–H groups in total. The third-order valence-corrected chi connectivity index (χ3v) is 4.98. The third-order valence-electron chi connectivity index (χ3n) is 4.98. The first-order valence-electron chi connectivity index (χ1n) is 9.14. The summed E-state index contributed by atoms with van der Waals surface area (Å²) in [5.41, 5.74) is 3.12. The molecule has 2 amide bonds. The van der Waals surface area contributed by atoms with Crippen molar-refractivity contribution in [3.63, 3.8) is 0 Å².